The summed E-state index contributed by atoms with van der Waals surface area (Å²) in [5.41, 5.74) is 3.16. The zero-order valence-electron chi connectivity index (χ0n) is 14.4. The molecule has 1 aromatic carbocycles. The molecule has 5 heteroatoms. The molecule has 0 spiro atoms. The van der Waals surface area contributed by atoms with Crippen molar-refractivity contribution in [1.29, 1.82) is 0 Å². The summed E-state index contributed by atoms with van der Waals surface area (Å²) < 4.78 is 18.8. The molecule has 0 bridgehead atoms. The van der Waals surface area contributed by atoms with Gasteiger partial charge in [-0.25, -0.2) is 9.65 Å². The van der Waals surface area contributed by atoms with Gasteiger partial charge in [-0.3, -0.25) is 5.09 Å². The van der Waals surface area contributed by atoms with Crippen molar-refractivity contribution < 1.29 is 9.09 Å². The third kappa shape index (κ3) is 3.04. The molecule has 1 heterocycles. The minimum absolute atomic E-state index is 0.0349. The van der Waals surface area contributed by atoms with E-state index in [1.165, 1.54) is 5.56 Å². The average Bonchev–Trinajstić information content (AvgIpc) is 3.04. The first-order chi connectivity index (χ1) is 9.98. The highest BCUT2D eigenvalue weighted by molar-refractivity contribution is 7.59. The van der Waals surface area contributed by atoms with Gasteiger partial charge in [-0.05, 0) is 35.3 Å². The first-order valence-electron chi connectivity index (χ1n) is 8.03. The second-order valence-corrected chi connectivity index (χ2v) is 10.3. The highest BCUT2D eigenvalue weighted by Crippen LogP contribution is 2.58. The molecule has 22 heavy (non-hydrogen) atoms. The van der Waals surface area contributed by atoms with Gasteiger partial charge in [0, 0.05) is 11.6 Å². The van der Waals surface area contributed by atoms with E-state index in [1.807, 2.05) is 0 Å². The SMILES string of the molecule is CC(C)(C)c1cc2c(c(C(C)(C)C)c1)OP(=O)(NC1CC1)N2. The van der Waals surface area contributed by atoms with Crippen LogP contribution in [0.4, 0.5) is 5.69 Å². The Kier molecular flexibility index (Phi) is 3.43. The summed E-state index contributed by atoms with van der Waals surface area (Å²) in [5.74, 6) is 0.747. The molecule has 1 aliphatic carbocycles. The van der Waals surface area contributed by atoms with Crippen LogP contribution in [0.3, 0.4) is 0 Å². The number of rotatable bonds is 2. The van der Waals surface area contributed by atoms with Crippen molar-refractivity contribution in [2.24, 2.45) is 0 Å². The van der Waals surface area contributed by atoms with Crippen LogP contribution in [0, 0.1) is 0 Å². The van der Waals surface area contributed by atoms with Crippen molar-refractivity contribution >= 4 is 13.4 Å². The molecule has 1 atom stereocenters. The molecule has 1 saturated carbocycles. The predicted molar refractivity (Wildman–Crippen MR) is 91.9 cm³/mol. The monoisotopic (exact) mass is 322 g/mol. The third-order valence-corrected chi connectivity index (χ3v) is 5.86. The van der Waals surface area contributed by atoms with Crippen LogP contribution in [0.1, 0.15) is 65.5 Å². The lowest BCUT2D eigenvalue weighted by molar-refractivity contribution is 0.469. The van der Waals surface area contributed by atoms with E-state index in [0.29, 0.717) is 6.04 Å². The van der Waals surface area contributed by atoms with Crippen LogP contribution in [0.25, 0.3) is 0 Å². The fourth-order valence-electron chi connectivity index (χ4n) is 2.62. The second-order valence-electron chi connectivity index (χ2n) is 8.56. The second kappa shape index (κ2) is 4.75. The fourth-order valence-corrected chi connectivity index (χ4v) is 4.46. The van der Waals surface area contributed by atoms with E-state index in [4.69, 9.17) is 4.52 Å². The summed E-state index contributed by atoms with van der Waals surface area (Å²) in [7, 11) is -3.01. The van der Waals surface area contributed by atoms with Gasteiger partial charge < -0.3 is 4.52 Å². The van der Waals surface area contributed by atoms with E-state index in [9.17, 15) is 4.57 Å². The maximum absolute atomic E-state index is 12.9. The van der Waals surface area contributed by atoms with Gasteiger partial charge in [0.25, 0.3) is 0 Å². The molecule has 2 N–H and O–H groups in total. The van der Waals surface area contributed by atoms with Crippen molar-refractivity contribution in [3.05, 3.63) is 23.3 Å². The lowest BCUT2D eigenvalue weighted by Crippen LogP contribution is -2.18. The minimum Gasteiger partial charge on any atom is -0.416 e. The molecular weight excluding hydrogens is 295 g/mol. The van der Waals surface area contributed by atoms with Gasteiger partial charge >= 0.3 is 7.67 Å². The van der Waals surface area contributed by atoms with E-state index in [1.54, 1.807) is 0 Å². The van der Waals surface area contributed by atoms with E-state index < -0.39 is 7.67 Å². The van der Waals surface area contributed by atoms with Crippen LogP contribution in [-0.4, -0.2) is 6.04 Å². The largest absolute Gasteiger partial charge is 0.417 e. The molecule has 1 aromatic rings. The van der Waals surface area contributed by atoms with Crippen LogP contribution < -0.4 is 14.7 Å². The van der Waals surface area contributed by atoms with Crippen molar-refractivity contribution in [2.75, 3.05) is 5.09 Å². The first-order valence-corrected chi connectivity index (χ1v) is 9.65. The molecule has 2 aliphatic rings. The normalized spacial score (nSPS) is 24.6. The smallest absolute Gasteiger partial charge is 0.416 e. The van der Waals surface area contributed by atoms with Gasteiger partial charge in [-0.1, -0.05) is 47.6 Å². The van der Waals surface area contributed by atoms with Crippen LogP contribution in [-0.2, 0) is 15.4 Å². The van der Waals surface area contributed by atoms with Gasteiger partial charge in [0.1, 0.15) is 0 Å². The van der Waals surface area contributed by atoms with Gasteiger partial charge in [0.05, 0.1) is 5.69 Å². The Morgan fingerprint density at radius 3 is 2.27 bits per heavy atom. The third-order valence-electron chi connectivity index (χ3n) is 4.18. The Morgan fingerprint density at radius 2 is 1.77 bits per heavy atom. The van der Waals surface area contributed by atoms with Gasteiger partial charge in [-0.2, -0.15) is 0 Å². The zero-order chi connectivity index (χ0) is 16.3. The molecular formula is C17H27N2O2P. The van der Waals surface area contributed by atoms with E-state index >= 15 is 0 Å². The summed E-state index contributed by atoms with van der Waals surface area (Å²) in [6.45, 7) is 13.1. The van der Waals surface area contributed by atoms with E-state index in [0.717, 1.165) is 29.8 Å². The van der Waals surface area contributed by atoms with E-state index in [-0.39, 0.29) is 10.8 Å². The van der Waals surface area contributed by atoms with Crippen molar-refractivity contribution in [2.45, 2.75) is 71.3 Å². The Morgan fingerprint density at radius 1 is 1.14 bits per heavy atom. The maximum Gasteiger partial charge on any atom is 0.417 e. The Balaban J connectivity index is 2.06. The van der Waals surface area contributed by atoms with E-state index in [2.05, 4.69) is 63.8 Å². The number of fused-ring (bicyclic) bond motifs is 1. The molecule has 4 nitrogen and oxygen atoms in total. The molecule has 0 amide bonds. The molecule has 1 unspecified atom stereocenters. The maximum atomic E-state index is 12.9. The highest BCUT2D eigenvalue weighted by atomic mass is 31.2. The Bertz CT molecular complexity index is 652. The van der Waals surface area contributed by atoms with Gasteiger partial charge in [-0.15, -0.1) is 0 Å². The predicted octanol–water partition coefficient (Wildman–Crippen LogP) is 4.95. The number of hydrogen-bond donors (Lipinski definition) is 2. The zero-order valence-corrected chi connectivity index (χ0v) is 15.3. The number of hydrogen-bond acceptors (Lipinski definition) is 2. The summed E-state index contributed by atoms with van der Waals surface area (Å²) in [6, 6.07) is 4.61. The van der Waals surface area contributed by atoms with Crippen LogP contribution in [0.15, 0.2) is 12.1 Å². The molecule has 0 aromatic heterocycles. The van der Waals surface area contributed by atoms with Crippen molar-refractivity contribution in [1.82, 2.24) is 5.09 Å². The Labute approximate surface area is 133 Å². The summed E-state index contributed by atoms with van der Waals surface area (Å²) >= 11 is 0. The molecule has 0 saturated heterocycles. The molecule has 122 valence electrons. The summed E-state index contributed by atoms with van der Waals surface area (Å²) in [5, 5.41) is 6.26. The van der Waals surface area contributed by atoms with Gasteiger partial charge in [0.2, 0.25) is 0 Å². The number of benzene rings is 1. The van der Waals surface area contributed by atoms with Crippen LogP contribution in [0.2, 0.25) is 0 Å². The molecule has 3 rings (SSSR count). The van der Waals surface area contributed by atoms with Gasteiger partial charge in [0.15, 0.2) is 5.75 Å². The lowest BCUT2D eigenvalue weighted by atomic mass is 9.80. The molecule has 1 fully saturated rings. The number of nitrogens with one attached hydrogen (secondary N) is 2. The summed E-state index contributed by atoms with van der Waals surface area (Å²) in [4.78, 5) is 0. The summed E-state index contributed by atoms with van der Waals surface area (Å²) in [6.07, 6.45) is 2.15. The fraction of sp³-hybridized carbons (Fsp3) is 0.647. The topological polar surface area (TPSA) is 50.4 Å². The highest BCUT2D eigenvalue weighted by Gasteiger charge is 2.41. The Hall–Kier alpha value is -0.990. The van der Waals surface area contributed by atoms with Crippen LogP contribution in [0.5, 0.6) is 5.75 Å². The number of anilines is 1. The van der Waals surface area contributed by atoms with Crippen LogP contribution >= 0.6 is 7.67 Å². The van der Waals surface area contributed by atoms with Crippen molar-refractivity contribution in [3.8, 4) is 5.75 Å². The van der Waals surface area contributed by atoms with Crippen molar-refractivity contribution in [3.63, 3.8) is 0 Å². The quantitative estimate of drug-likeness (QED) is 0.757. The average molecular weight is 322 g/mol. The molecule has 1 aliphatic heterocycles. The first kappa shape index (κ1) is 15.9. The standard InChI is InChI=1S/C17H27N2O2P/c1-16(2,3)11-9-13(17(4,5)6)15-14(10-11)19-22(20,21-15)18-12-7-8-12/h9-10,12H,7-8H2,1-6H3,(H2,18,19,20). The minimum atomic E-state index is -3.01. The molecule has 0 radical (unpaired) electrons. The lowest BCUT2D eigenvalue weighted by Gasteiger charge is -2.26.